The van der Waals surface area contributed by atoms with Crippen LogP contribution >= 0.6 is 0 Å². The normalized spacial score (nSPS) is 16.5. The molecule has 0 radical (unpaired) electrons. The van der Waals surface area contributed by atoms with E-state index in [1.165, 1.54) is 37.1 Å². The lowest BCUT2D eigenvalue weighted by molar-refractivity contribution is 0.119. The second-order valence-corrected chi connectivity index (χ2v) is 6.76. The molecule has 0 unspecified atom stereocenters. The largest absolute Gasteiger partial charge is 0.497 e. The second kappa shape index (κ2) is 8.32. The van der Waals surface area contributed by atoms with Crippen LogP contribution in [0.15, 0.2) is 54.6 Å². The molecule has 3 rings (SSSR count). The molecule has 1 saturated heterocycles. The van der Waals surface area contributed by atoms with Crippen molar-refractivity contribution in [2.75, 3.05) is 27.2 Å². The summed E-state index contributed by atoms with van der Waals surface area (Å²) in [6, 6.07) is 19.9. The van der Waals surface area contributed by atoms with Crippen molar-refractivity contribution in [2.45, 2.75) is 32.0 Å². The van der Waals surface area contributed by atoms with Crippen molar-refractivity contribution in [3.63, 3.8) is 0 Å². The van der Waals surface area contributed by atoms with Gasteiger partial charge >= 0.3 is 0 Å². The van der Waals surface area contributed by atoms with Gasteiger partial charge < -0.3 is 4.74 Å². The van der Waals surface area contributed by atoms with Crippen LogP contribution in [0.4, 0.5) is 0 Å². The van der Waals surface area contributed by atoms with E-state index < -0.39 is 0 Å². The van der Waals surface area contributed by atoms with Crippen molar-refractivity contribution in [1.29, 1.82) is 0 Å². The minimum Gasteiger partial charge on any atom is -0.497 e. The van der Waals surface area contributed by atoms with E-state index in [1.807, 2.05) is 0 Å². The van der Waals surface area contributed by atoms with Crippen LogP contribution in [-0.2, 0) is 13.1 Å². The van der Waals surface area contributed by atoms with E-state index in [4.69, 9.17) is 4.74 Å². The van der Waals surface area contributed by atoms with Crippen molar-refractivity contribution in [2.24, 2.45) is 0 Å². The van der Waals surface area contributed by atoms with E-state index >= 15 is 0 Å². The monoisotopic (exact) mass is 324 g/mol. The topological polar surface area (TPSA) is 15.7 Å². The van der Waals surface area contributed by atoms with Crippen molar-refractivity contribution in [3.05, 3.63) is 65.7 Å². The molecule has 2 aromatic rings. The molecule has 2 aromatic carbocycles. The SMILES string of the molecule is COc1ccc(CN2CCC(N(C)Cc3ccccc3)CC2)cc1. The van der Waals surface area contributed by atoms with Crippen LogP contribution in [0.2, 0.25) is 0 Å². The molecule has 0 atom stereocenters. The predicted molar refractivity (Wildman–Crippen MR) is 99.2 cm³/mol. The number of rotatable bonds is 6. The summed E-state index contributed by atoms with van der Waals surface area (Å²) in [4.78, 5) is 5.08. The Morgan fingerprint density at radius 1 is 0.958 bits per heavy atom. The van der Waals surface area contributed by atoms with Gasteiger partial charge in [-0.15, -0.1) is 0 Å². The van der Waals surface area contributed by atoms with Gasteiger partial charge in [-0.3, -0.25) is 9.80 Å². The maximum atomic E-state index is 5.23. The van der Waals surface area contributed by atoms with Crippen molar-refractivity contribution in [3.8, 4) is 5.75 Å². The second-order valence-electron chi connectivity index (χ2n) is 6.76. The Morgan fingerprint density at radius 3 is 2.25 bits per heavy atom. The molecule has 0 N–H and O–H groups in total. The lowest BCUT2D eigenvalue weighted by atomic mass is 10.0. The van der Waals surface area contributed by atoms with Gasteiger partial charge in [-0.25, -0.2) is 0 Å². The first-order valence-corrected chi connectivity index (χ1v) is 8.84. The summed E-state index contributed by atoms with van der Waals surface area (Å²) < 4.78 is 5.23. The zero-order valence-electron chi connectivity index (χ0n) is 14.8. The molecule has 0 bridgehead atoms. The van der Waals surface area contributed by atoms with Crippen LogP contribution in [0.3, 0.4) is 0 Å². The summed E-state index contributed by atoms with van der Waals surface area (Å²) in [6.07, 6.45) is 2.50. The molecular weight excluding hydrogens is 296 g/mol. The summed E-state index contributed by atoms with van der Waals surface area (Å²) in [7, 11) is 3.97. The molecule has 0 saturated carbocycles. The Labute approximate surface area is 145 Å². The molecule has 0 amide bonds. The Bertz CT molecular complexity index is 603. The first-order chi connectivity index (χ1) is 11.7. The number of likely N-dealkylation sites (tertiary alicyclic amines) is 1. The lowest BCUT2D eigenvalue weighted by Gasteiger charge is -2.36. The number of hydrogen-bond acceptors (Lipinski definition) is 3. The Balaban J connectivity index is 1.46. The maximum absolute atomic E-state index is 5.23. The third kappa shape index (κ3) is 4.59. The zero-order valence-corrected chi connectivity index (χ0v) is 14.8. The van der Waals surface area contributed by atoms with E-state index in [2.05, 4.69) is 71.4 Å². The van der Waals surface area contributed by atoms with Gasteiger partial charge in [0.2, 0.25) is 0 Å². The lowest BCUT2D eigenvalue weighted by Crippen LogP contribution is -2.42. The smallest absolute Gasteiger partial charge is 0.118 e. The molecule has 128 valence electrons. The van der Waals surface area contributed by atoms with Crippen LogP contribution in [-0.4, -0.2) is 43.1 Å². The summed E-state index contributed by atoms with van der Waals surface area (Å²) in [5.74, 6) is 0.931. The Morgan fingerprint density at radius 2 is 1.62 bits per heavy atom. The fourth-order valence-electron chi connectivity index (χ4n) is 3.51. The van der Waals surface area contributed by atoms with Gasteiger partial charge in [-0.1, -0.05) is 42.5 Å². The van der Waals surface area contributed by atoms with Crippen molar-refractivity contribution in [1.82, 2.24) is 9.80 Å². The number of benzene rings is 2. The fraction of sp³-hybridized carbons (Fsp3) is 0.429. The highest BCUT2D eigenvalue weighted by Gasteiger charge is 2.22. The van der Waals surface area contributed by atoms with Gasteiger partial charge in [-0.05, 0) is 56.2 Å². The first kappa shape index (κ1) is 17.0. The van der Waals surface area contributed by atoms with Crippen LogP contribution < -0.4 is 4.74 Å². The minimum atomic E-state index is 0.692. The highest BCUT2D eigenvalue weighted by molar-refractivity contribution is 5.27. The van der Waals surface area contributed by atoms with Crippen LogP contribution in [0.25, 0.3) is 0 Å². The molecule has 24 heavy (non-hydrogen) atoms. The van der Waals surface area contributed by atoms with Crippen molar-refractivity contribution < 1.29 is 4.74 Å². The third-order valence-electron chi connectivity index (χ3n) is 5.02. The van der Waals surface area contributed by atoms with Gasteiger partial charge in [0, 0.05) is 19.1 Å². The van der Waals surface area contributed by atoms with E-state index in [-0.39, 0.29) is 0 Å². The third-order valence-corrected chi connectivity index (χ3v) is 5.02. The van der Waals surface area contributed by atoms with Crippen LogP contribution in [0, 0.1) is 0 Å². The summed E-state index contributed by atoms with van der Waals surface area (Å²) in [5.41, 5.74) is 2.77. The fourth-order valence-corrected chi connectivity index (χ4v) is 3.51. The number of hydrogen-bond donors (Lipinski definition) is 0. The molecule has 1 aliphatic heterocycles. The van der Waals surface area contributed by atoms with E-state index in [0.717, 1.165) is 18.8 Å². The molecule has 1 fully saturated rings. The average molecular weight is 324 g/mol. The van der Waals surface area contributed by atoms with Gasteiger partial charge in [0.05, 0.1) is 7.11 Å². The van der Waals surface area contributed by atoms with E-state index in [9.17, 15) is 0 Å². The van der Waals surface area contributed by atoms with E-state index in [0.29, 0.717) is 6.04 Å². The molecular formula is C21H28N2O. The first-order valence-electron chi connectivity index (χ1n) is 8.84. The minimum absolute atomic E-state index is 0.692. The Hall–Kier alpha value is -1.84. The highest BCUT2D eigenvalue weighted by atomic mass is 16.5. The average Bonchev–Trinajstić information content (AvgIpc) is 2.64. The zero-order chi connectivity index (χ0) is 16.8. The van der Waals surface area contributed by atoms with Gasteiger partial charge in [0.1, 0.15) is 5.75 Å². The molecule has 1 aliphatic rings. The Kier molecular flexibility index (Phi) is 5.89. The predicted octanol–water partition coefficient (Wildman–Crippen LogP) is 3.79. The van der Waals surface area contributed by atoms with Gasteiger partial charge in [-0.2, -0.15) is 0 Å². The number of ether oxygens (including phenoxy) is 1. The summed E-state index contributed by atoms with van der Waals surface area (Å²) in [6.45, 7) is 4.44. The highest BCUT2D eigenvalue weighted by Crippen LogP contribution is 2.20. The molecule has 0 spiro atoms. The molecule has 1 heterocycles. The molecule has 3 heteroatoms. The molecule has 0 aromatic heterocycles. The van der Waals surface area contributed by atoms with E-state index in [1.54, 1.807) is 7.11 Å². The number of piperidine rings is 1. The van der Waals surface area contributed by atoms with Gasteiger partial charge in [0.25, 0.3) is 0 Å². The molecule has 3 nitrogen and oxygen atoms in total. The van der Waals surface area contributed by atoms with Crippen LogP contribution in [0.1, 0.15) is 24.0 Å². The number of nitrogens with zero attached hydrogens (tertiary/aromatic N) is 2. The summed E-state index contributed by atoms with van der Waals surface area (Å²) >= 11 is 0. The molecule has 0 aliphatic carbocycles. The van der Waals surface area contributed by atoms with Crippen molar-refractivity contribution >= 4 is 0 Å². The number of methoxy groups -OCH3 is 1. The summed E-state index contributed by atoms with van der Waals surface area (Å²) in [5, 5.41) is 0. The van der Waals surface area contributed by atoms with Crippen LogP contribution in [0.5, 0.6) is 5.75 Å². The standard InChI is InChI=1S/C21H28N2O/c1-22(16-18-6-4-3-5-7-18)20-12-14-23(15-13-20)17-19-8-10-21(24-2)11-9-19/h3-11,20H,12-17H2,1-2H3. The quantitative estimate of drug-likeness (QED) is 0.804. The maximum Gasteiger partial charge on any atom is 0.118 e. The van der Waals surface area contributed by atoms with Gasteiger partial charge in [0.15, 0.2) is 0 Å².